The topological polar surface area (TPSA) is 94.7 Å². The molecule has 0 bridgehead atoms. The maximum atomic E-state index is 12.1. The zero-order valence-electron chi connectivity index (χ0n) is 11.7. The summed E-state index contributed by atoms with van der Waals surface area (Å²) in [5.41, 5.74) is 0.107. The molecule has 1 amide bonds. The fourth-order valence-corrected chi connectivity index (χ4v) is 1.72. The first-order valence-electron chi connectivity index (χ1n) is 6.00. The Bertz CT molecular complexity index is 523. The van der Waals surface area contributed by atoms with Crippen LogP contribution >= 0.6 is 0 Å². The summed E-state index contributed by atoms with van der Waals surface area (Å²) in [4.78, 5) is 34.6. The third-order valence-corrected chi connectivity index (χ3v) is 2.87. The summed E-state index contributed by atoms with van der Waals surface area (Å²) in [5.74, 6) is -0.661. The Hall–Kier alpha value is -2.38. The van der Waals surface area contributed by atoms with Crippen LogP contribution in [0.4, 0.5) is 5.69 Å². The maximum Gasteiger partial charge on any atom is 0.305 e. The van der Waals surface area contributed by atoms with Crippen molar-refractivity contribution < 1.29 is 19.2 Å². The van der Waals surface area contributed by atoms with E-state index >= 15 is 0 Å². The molecule has 8 nitrogen and oxygen atoms in total. The normalized spacial score (nSPS) is 10.2. The number of hydrogen-bond acceptors (Lipinski definition) is 5. The minimum Gasteiger partial charge on any atom is -0.469 e. The number of rotatable bonds is 6. The van der Waals surface area contributed by atoms with Gasteiger partial charge in [-0.2, -0.15) is 0 Å². The Balaban J connectivity index is 2.65. The largest absolute Gasteiger partial charge is 0.469 e. The second kappa shape index (κ2) is 6.69. The molecule has 0 saturated heterocycles. The van der Waals surface area contributed by atoms with E-state index in [1.165, 1.54) is 28.8 Å². The average Bonchev–Trinajstić information content (AvgIpc) is 2.79. The number of carbonyl (C=O) groups is 2. The fraction of sp³-hybridized carbons (Fsp3) is 0.500. The number of nitrogens with zero attached hydrogens (tertiary/aromatic N) is 3. The van der Waals surface area contributed by atoms with Crippen LogP contribution in [0.1, 0.15) is 23.3 Å². The van der Waals surface area contributed by atoms with Crippen molar-refractivity contribution in [2.45, 2.75) is 12.8 Å². The summed E-state index contributed by atoms with van der Waals surface area (Å²) in [6.07, 6.45) is 1.98. The molecule has 0 aliphatic carbocycles. The first kappa shape index (κ1) is 15.7. The second-order valence-electron chi connectivity index (χ2n) is 4.36. The first-order chi connectivity index (χ1) is 9.36. The van der Waals surface area contributed by atoms with Crippen LogP contribution in [0.25, 0.3) is 0 Å². The highest BCUT2D eigenvalue weighted by molar-refractivity contribution is 5.93. The van der Waals surface area contributed by atoms with Crippen molar-refractivity contribution in [3.8, 4) is 0 Å². The molecule has 1 aromatic heterocycles. The summed E-state index contributed by atoms with van der Waals surface area (Å²) in [6, 6.07) is 1.24. The molecule has 0 aliphatic heterocycles. The number of nitro groups is 1. The van der Waals surface area contributed by atoms with Crippen LogP contribution in [-0.4, -0.2) is 47.0 Å². The number of amides is 1. The van der Waals surface area contributed by atoms with Crippen LogP contribution in [0.5, 0.6) is 0 Å². The van der Waals surface area contributed by atoms with Crippen LogP contribution < -0.4 is 0 Å². The molecule has 0 radical (unpaired) electrons. The zero-order valence-corrected chi connectivity index (χ0v) is 11.7. The highest BCUT2D eigenvalue weighted by Crippen LogP contribution is 2.16. The van der Waals surface area contributed by atoms with Gasteiger partial charge in [0.15, 0.2) is 0 Å². The van der Waals surface area contributed by atoms with E-state index in [1.807, 2.05) is 0 Å². The highest BCUT2D eigenvalue weighted by atomic mass is 16.6. The van der Waals surface area contributed by atoms with Crippen LogP contribution in [0.15, 0.2) is 12.3 Å². The van der Waals surface area contributed by atoms with Crippen molar-refractivity contribution in [1.82, 2.24) is 9.47 Å². The van der Waals surface area contributed by atoms with Crippen molar-refractivity contribution in [1.29, 1.82) is 0 Å². The lowest BCUT2D eigenvalue weighted by molar-refractivity contribution is -0.384. The highest BCUT2D eigenvalue weighted by Gasteiger charge is 2.20. The number of aryl methyl sites for hydroxylation is 1. The number of carbonyl (C=O) groups excluding carboxylic acids is 2. The van der Waals surface area contributed by atoms with Gasteiger partial charge in [-0.25, -0.2) is 0 Å². The number of aromatic nitrogens is 1. The molecule has 1 aromatic rings. The van der Waals surface area contributed by atoms with E-state index in [9.17, 15) is 19.7 Å². The van der Waals surface area contributed by atoms with E-state index in [2.05, 4.69) is 4.74 Å². The Morgan fingerprint density at radius 3 is 2.65 bits per heavy atom. The minimum absolute atomic E-state index is 0.126. The number of hydrogen-bond donors (Lipinski definition) is 0. The third-order valence-electron chi connectivity index (χ3n) is 2.87. The Labute approximate surface area is 116 Å². The molecule has 20 heavy (non-hydrogen) atoms. The molecular formula is C12H17N3O5. The lowest BCUT2D eigenvalue weighted by Crippen LogP contribution is -2.29. The van der Waals surface area contributed by atoms with E-state index in [4.69, 9.17) is 0 Å². The van der Waals surface area contributed by atoms with E-state index in [0.717, 1.165) is 0 Å². The molecular weight excluding hydrogens is 266 g/mol. The van der Waals surface area contributed by atoms with Crippen molar-refractivity contribution >= 4 is 17.6 Å². The molecule has 0 aliphatic rings. The van der Waals surface area contributed by atoms with Crippen LogP contribution in [0, 0.1) is 10.1 Å². The molecule has 0 aromatic carbocycles. The molecule has 0 fully saturated rings. The van der Waals surface area contributed by atoms with Gasteiger partial charge in [-0.05, 0) is 6.42 Å². The minimum atomic E-state index is -0.548. The van der Waals surface area contributed by atoms with Crippen molar-refractivity contribution in [3.63, 3.8) is 0 Å². The van der Waals surface area contributed by atoms with Gasteiger partial charge in [-0.1, -0.05) is 0 Å². The Morgan fingerprint density at radius 2 is 2.15 bits per heavy atom. The summed E-state index contributed by atoms with van der Waals surface area (Å²) < 4.78 is 5.92. The molecule has 0 unspecified atom stereocenters. The van der Waals surface area contributed by atoms with Gasteiger partial charge in [0.2, 0.25) is 0 Å². The summed E-state index contributed by atoms with van der Waals surface area (Å²) in [6.45, 7) is 0.368. The predicted molar refractivity (Wildman–Crippen MR) is 70.3 cm³/mol. The van der Waals surface area contributed by atoms with Crippen molar-refractivity contribution in [2.24, 2.45) is 7.05 Å². The van der Waals surface area contributed by atoms with Gasteiger partial charge in [0, 0.05) is 33.1 Å². The van der Waals surface area contributed by atoms with Gasteiger partial charge in [0.05, 0.1) is 18.2 Å². The van der Waals surface area contributed by atoms with Gasteiger partial charge in [-0.3, -0.25) is 19.7 Å². The smallest absolute Gasteiger partial charge is 0.305 e. The van der Waals surface area contributed by atoms with Crippen molar-refractivity contribution in [3.05, 3.63) is 28.1 Å². The Morgan fingerprint density at radius 1 is 1.50 bits per heavy atom. The number of esters is 1. The molecule has 1 rings (SSSR count). The summed E-state index contributed by atoms with van der Waals surface area (Å²) >= 11 is 0. The third kappa shape index (κ3) is 3.81. The van der Waals surface area contributed by atoms with Gasteiger partial charge in [-0.15, -0.1) is 0 Å². The van der Waals surface area contributed by atoms with E-state index in [1.54, 1.807) is 14.1 Å². The molecule has 8 heteroatoms. The van der Waals surface area contributed by atoms with Crippen LogP contribution in [-0.2, 0) is 16.6 Å². The number of methoxy groups -OCH3 is 1. The van der Waals surface area contributed by atoms with E-state index < -0.39 is 4.92 Å². The quantitative estimate of drug-likeness (QED) is 0.440. The predicted octanol–water partition coefficient (Wildman–Crippen LogP) is 0.958. The summed E-state index contributed by atoms with van der Waals surface area (Å²) in [7, 11) is 4.46. The molecule has 0 N–H and O–H groups in total. The molecule has 0 saturated carbocycles. The monoisotopic (exact) mass is 283 g/mol. The van der Waals surface area contributed by atoms with Crippen LogP contribution in [0.3, 0.4) is 0 Å². The van der Waals surface area contributed by atoms with Crippen LogP contribution in [0.2, 0.25) is 0 Å². The SMILES string of the molecule is COC(=O)CCCN(C)C(=O)c1cc([N+](=O)[O-])cn1C. The summed E-state index contributed by atoms with van der Waals surface area (Å²) in [5, 5.41) is 10.7. The molecule has 0 atom stereocenters. The van der Waals surface area contributed by atoms with Gasteiger partial charge in [0.25, 0.3) is 11.6 Å². The van der Waals surface area contributed by atoms with Gasteiger partial charge < -0.3 is 14.2 Å². The fourth-order valence-electron chi connectivity index (χ4n) is 1.72. The Kier molecular flexibility index (Phi) is 5.24. The van der Waals surface area contributed by atoms with Gasteiger partial charge in [0.1, 0.15) is 5.69 Å². The maximum absolute atomic E-state index is 12.1. The lowest BCUT2D eigenvalue weighted by atomic mass is 10.3. The number of ether oxygens (including phenoxy) is 1. The molecule has 0 spiro atoms. The first-order valence-corrected chi connectivity index (χ1v) is 6.00. The van der Waals surface area contributed by atoms with E-state index in [-0.39, 0.29) is 29.7 Å². The standard InChI is InChI=1S/C12H17N3O5/c1-13(6-4-5-11(16)20-3)12(17)10-7-9(15(18)19)8-14(10)2/h7-8H,4-6H2,1-3H3. The lowest BCUT2D eigenvalue weighted by Gasteiger charge is -2.16. The molecule has 1 heterocycles. The zero-order chi connectivity index (χ0) is 15.3. The van der Waals surface area contributed by atoms with E-state index in [0.29, 0.717) is 13.0 Å². The van der Waals surface area contributed by atoms with Gasteiger partial charge >= 0.3 is 5.97 Å². The average molecular weight is 283 g/mol. The second-order valence-corrected chi connectivity index (χ2v) is 4.36. The molecule has 110 valence electrons. The van der Waals surface area contributed by atoms with Crippen molar-refractivity contribution in [2.75, 3.05) is 20.7 Å².